The van der Waals surface area contributed by atoms with E-state index in [1.54, 1.807) is 0 Å². The van der Waals surface area contributed by atoms with E-state index in [4.69, 9.17) is 0 Å². The highest BCUT2D eigenvalue weighted by molar-refractivity contribution is 5.98. The summed E-state index contributed by atoms with van der Waals surface area (Å²) in [7, 11) is 0. The average molecular weight is 294 g/mol. The number of rotatable bonds is 2. The lowest BCUT2D eigenvalue weighted by Crippen LogP contribution is -1.83. The molecule has 0 heteroatoms. The number of fused-ring (bicyclic) bond motifs is 1. The van der Waals surface area contributed by atoms with Gasteiger partial charge in [0.2, 0.25) is 0 Å². The Kier molecular flexibility index (Phi) is 3.44. The van der Waals surface area contributed by atoms with Crippen molar-refractivity contribution in [1.82, 2.24) is 0 Å². The van der Waals surface area contributed by atoms with Crippen molar-refractivity contribution in [2.24, 2.45) is 0 Å². The van der Waals surface area contributed by atoms with Crippen molar-refractivity contribution in [3.05, 3.63) is 96.6 Å². The number of aryl methyl sites for hydroxylation is 1. The molecular formula is C23H18. The van der Waals surface area contributed by atoms with Crippen LogP contribution < -0.4 is 0 Å². The van der Waals surface area contributed by atoms with Gasteiger partial charge in [-0.2, -0.15) is 0 Å². The Balaban J connectivity index is 1.86. The minimum atomic E-state index is 1.26. The van der Waals surface area contributed by atoms with Gasteiger partial charge in [-0.05, 0) is 46.0 Å². The van der Waals surface area contributed by atoms with E-state index in [2.05, 4.69) is 97.9 Å². The number of hydrogen-bond donors (Lipinski definition) is 0. The zero-order valence-corrected chi connectivity index (χ0v) is 13.2. The Morgan fingerprint density at radius 1 is 0.522 bits per heavy atom. The van der Waals surface area contributed by atoms with E-state index in [0.717, 1.165) is 0 Å². The summed E-state index contributed by atoms with van der Waals surface area (Å²) in [6, 6.07) is 32.6. The Labute approximate surface area is 137 Å². The molecule has 0 N–H and O–H groups in total. The van der Waals surface area contributed by atoms with Crippen LogP contribution in [0.1, 0.15) is 5.56 Å². The van der Waals surface area contributed by atoms with Crippen LogP contribution in [0.15, 0.2) is 91.0 Å². The van der Waals surface area contributed by atoms with Crippen molar-refractivity contribution in [3.63, 3.8) is 0 Å². The summed E-state index contributed by atoms with van der Waals surface area (Å²) in [6.07, 6.45) is 0. The number of benzene rings is 4. The number of hydrogen-bond acceptors (Lipinski definition) is 0. The molecule has 4 rings (SSSR count). The fourth-order valence-corrected chi connectivity index (χ4v) is 3.08. The molecule has 0 radical (unpaired) electrons. The van der Waals surface area contributed by atoms with Crippen molar-refractivity contribution >= 4 is 10.8 Å². The lowest BCUT2D eigenvalue weighted by atomic mass is 9.95. The van der Waals surface area contributed by atoms with Crippen LogP contribution in [0.5, 0.6) is 0 Å². The van der Waals surface area contributed by atoms with Crippen molar-refractivity contribution in [1.29, 1.82) is 0 Å². The van der Waals surface area contributed by atoms with Gasteiger partial charge in [-0.3, -0.25) is 0 Å². The summed E-state index contributed by atoms with van der Waals surface area (Å²) in [5.41, 5.74) is 6.38. The van der Waals surface area contributed by atoms with Crippen LogP contribution in [0.4, 0.5) is 0 Å². The zero-order valence-electron chi connectivity index (χ0n) is 13.2. The van der Waals surface area contributed by atoms with E-state index in [1.165, 1.54) is 38.6 Å². The molecule has 0 atom stereocenters. The smallest absolute Gasteiger partial charge is 0.0105 e. The summed E-state index contributed by atoms with van der Waals surface area (Å²) >= 11 is 0. The molecule has 0 unspecified atom stereocenters. The second-order valence-electron chi connectivity index (χ2n) is 5.97. The maximum absolute atomic E-state index is 2.28. The van der Waals surface area contributed by atoms with Gasteiger partial charge in [-0.1, -0.05) is 90.5 Å². The molecule has 0 aliphatic rings. The van der Waals surface area contributed by atoms with Crippen LogP contribution in [0.3, 0.4) is 0 Å². The third-order valence-electron chi connectivity index (χ3n) is 4.35. The van der Waals surface area contributed by atoms with E-state index < -0.39 is 0 Å². The SMILES string of the molecule is Cc1ccc(-c2ccc3c(-c4ccccc4)cccc3c2)cc1. The molecule has 0 saturated carbocycles. The lowest BCUT2D eigenvalue weighted by Gasteiger charge is -2.09. The quantitative estimate of drug-likeness (QED) is 0.397. The van der Waals surface area contributed by atoms with Crippen LogP contribution in [0, 0.1) is 6.92 Å². The first-order valence-electron chi connectivity index (χ1n) is 7.96. The van der Waals surface area contributed by atoms with Crippen molar-refractivity contribution < 1.29 is 0 Å². The highest BCUT2D eigenvalue weighted by atomic mass is 14.1. The zero-order chi connectivity index (χ0) is 15.6. The predicted octanol–water partition coefficient (Wildman–Crippen LogP) is 6.48. The molecule has 0 bridgehead atoms. The lowest BCUT2D eigenvalue weighted by molar-refractivity contribution is 1.47. The molecule has 0 aliphatic heterocycles. The summed E-state index contributed by atoms with van der Waals surface area (Å²) in [5.74, 6) is 0. The Hall–Kier alpha value is -2.86. The Morgan fingerprint density at radius 3 is 2.04 bits per heavy atom. The minimum Gasteiger partial charge on any atom is -0.0622 e. The van der Waals surface area contributed by atoms with Crippen LogP contribution in [-0.2, 0) is 0 Å². The monoisotopic (exact) mass is 294 g/mol. The third kappa shape index (κ3) is 2.64. The van der Waals surface area contributed by atoms with Crippen LogP contribution >= 0.6 is 0 Å². The maximum atomic E-state index is 2.28. The first-order valence-corrected chi connectivity index (χ1v) is 7.96. The Bertz CT molecular complexity index is 948. The van der Waals surface area contributed by atoms with E-state index in [9.17, 15) is 0 Å². The second kappa shape index (κ2) is 5.73. The minimum absolute atomic E-state index is 1.26. The molecule has 0 aliphatic carbocycles. The molecular weight excluding hydrogens is 276 g/mol. The van der Waals surface area contributed by atoms with E-state index in [-0.39, 0.29) is 0 Å². The molecule has 0 amide bonds. The van der Waals surface area contributed by atoms with Gasteiger partial charge >= 0.3 is 0 Å². The van der Waals surface area contributed by atoms with Gasteiger partial charge in [0.25, 0.3) is 0 Å². The summed E-state index contributed by atoms with van der Waals surface area (Å²) in [5, 5.41) is 2.58. The average Bonchev–Trinajstić information content (AvgIpc) is 2.62. The first kappa shape index (κ1) is 13.8. The van der Waals surface area contributed by atoms with Crippen molar-refractivity contribution in [2.75, 3.05) is 0 Å². The molecule has 0 fully saturated rings. The van der Waals surface area contributed by atoms with Gasteiger partial charge in [-0.15, -0.1) is 0 Å². The van der Waals surface area contributed by atoms with Gasteiger partial charge in [0.15, 0.2) is 0 Å². The van der Waals surface area contributed by atoms with E-state index in [0.29, 0.717) is 0 Å². The molecule has 0 saturated heterocycles. The fourth-order valence-electron chi connectivity index (χ4n) is 3.08. The molecule has 0 aromatic heterocycles. The highest BCUT2D eigenvalue weighted by Gasteiger charge is 2.05. The van der Waals surface area contributed by atoms with Gasteiger partial charge < -0.3 is 0 Å². The van der Waals surface area contributed by atoms with E-state index in [1.807, 2.05) is 0 Å². The molecule has 23 heavy (non-hydrogen) atoms. The first-order chi connectivity index (χ1) is 11.3. The van der Waals surface area contributed by atoms with Gasteiger partial charge in [0, 0.05) is 0 Å². The Morgan fingerprint density at radius 2 is 1.26 bits per heavy atom. The fraction of sp³-hybridized carbons (Fsp3) is 0.0435. The molecule has 4 aromatic rings. The summed E-state index contributed by atoms with van der Waals surface area (Å²) < 4.78 is 0. The summed E-state index contributed by atoms with van der Waals surface area (Å²) in [6.45, 7) is 2.12. The van der Waals surface area contributed by atoms with Gasteiger partial charge in [0.1, 0.15) is 0 Å². The largest absolute Gasteiger partial charge is 0.0622 e. The molecule has 0 nitrogen and oxygen atoms in total. The predicted molar refractivity (Wildman–Crippen MR) is 99.6 cm³/mol. The normalized spacial score (nSPS) is 10.8. The van der Waals surface area contributed by atoms with Gasteiger partial charge in [0.05, 0.1) is 0 Å². The van der Waals surface area contributed by atoms with Crippen molar-refractivity contribution in [3.8, 4) is 22.3 Å². The molecule has 4 aromatic carbocycles. The second-order valence-corrected chi connectivity index (χ2v) is 5.97. The van der Waals surface area contributed by atoms with Crippen LogP contribution in [0.2, 0.25) is 0 Å². The highest BCUT2D eigenvalue weighted by Crippen LogP contribution is 2.31. The van der Waals surface area contributed by atoms with Gasteiger partial charge in [-0.25, -0.2) is 0 Å². The van der Waals surface area contributed by atoms with E-state index >= 15 is 0 Å². The van der Waals surface area contributed by atoms with Crippen LogP contribution in [0.25, 0.3) is 33.0 Å². The maximum Gasteiger partial charge on any atom is -0.0105 e. The summed E-state index contributed by atoms with van der Waals surface area (Å²) in [4.78, 5) is 0. The van der Waals surface area contributed by atoms with Crippen molar-refractivity contribution in [2.45, 2.75) is 6.92 Å². The molecule has 0 heterocycles. The molecule has 0 spiro atoms. The third-order valence-corrected chi connectivity index (χ3v) is 4.35. The topological polar surface area (TPSA) is 0 Å². The van der Waals surface area contributed by atoms with Crippen LogP contribution in [-0.4, -0.2) is 0 Å². The standard InChI is InChI=1S/C23H18/c1-17-10-12-18(13-11-17)20-14-15-23-21(16-20)8-5-9-22(23)19-6-3-2-4-7-19/h2-16H,1H3. The molecule has 110 valence electrons.